The van der Waals surface area contributed by atoms with E-state index in [9.17, 15) is 0 Å². The van der Waals surface area contributed by atoms with Gasteiger partial charge < -0.3 is 14.4 Å². The Bertz CT molecular complexity index is 2370. The summed E-state index contributed by atoms with van der Waals surface area (Å²) >= 11 is 0. The number of nitrogens with zero attached hydrogens (tertiary/aromatic N) is 2. The molecule has 0 atom stereocenters. The number of benzene rings is 4. The first kappa shape index (κ1) is 41.5. The van der Waals surface area contributed by atoms with Crippen molar-refractivity contribution in [3.05, 3.63) is 138 Å². The summed E-state index contributed by atoms with van der Waals surface area (Å²) in [7, 11) is -1.23. The van der Waals surface area contributed by atoms with Crippen molar-refractivity contribution in [2.45, 2.75) is 110 Å². The van der Waals surface area contributed by atoms with Crippen molar-refractivity contribution in [2.24, 2.45) is 0 Å². The van der Waals surface area contributed by atoms with E-state index in [0.717, 1.165) is 44.5 Å². The minimum atomic E-state index is -1.23. The van der Waals surface area contributed by atoms with Gasteiger partial charge in [0, 0.05) is 37.9 Å². The third kappa shape index (κ3) is 9.34. The molecule has 7 aromatic rings. The first-order valence-electron chi connectivity index (χ1n) is 20.1. The number of rotatable bonds is 5. The van der Waals surface area contributed by atoms with Crippen LogP contribution in [0.4, 0.5) is 0 Å². The van der Waals surface area contributed by atoms with E-state index < -0.39 is 8.07 Å². The summed E-state index contributed by atoms with van der Waals surface area (Å²) in [6.07, 6.45) is 10.5. The molecule has 3 aromatic heterocycles. The summed E-state index contributed by atoms with van der Waals surface area (Å²) < 4.78 is 6.61. The Balaban J connectivity index is 0.000000263. The molecular formula is C51H56IrN2OSi-2. The zero-order valence-corrected chi connectivity index (χ0v) is 38.0. The van der Waals surface area contributed by atoms with Gasteiger partial charge in [0.15, 0.2) is 0 Å². The molecule has 8 rings (SSSR count). The molecule has 0 spiro atoms. The Morgan fingerprint density at radius 1 is 0.661 bits per heavy atom. The van der Waals surface area contributed by atoms with Crippen molar-refractivity contribution < 1.29 is 24.5 Å². The molecule has 0 bridgehead atoms. The number of fused-ring (bicyclic) bond motifs is 3. The van der Waals surface area contributed by atoms with Crippen LogP contribution in [0.2, 0.25) is 19.6 Å². The summed E-state index contributed by atoms with van der Waals surface area (Å²) in [5, 5.41) is 3.65. The first-order chi connectivity index (χ1) is 26.1. The standard InChI is InChI=1S/C37H40NO.C14H16NSi.Ir/c1-36(2,3)28-19-27(20-29(23-28)37(4,5)6)25-15-16-30-31-13-10-14-32(35(31)39-34(30)22-25)33-21-26(17-18-38-33)24-11-8-7-9-12-24;1-16(2,3)13-9-10-14(15-11-13)12-7-5-4-6-8-12;/h10,13,15-24H,7-9,11-12H2,1-6H3;4-7,9-11H,1-3H3;/q2*-1;. The number of pyridine rings is 2. The second kappa shape index (κ2) is 16.8. The summed E-state index contributed by atoms with van der Waals surface area (Å²) in [4.78, 5) is 9.28. The average Bonchev–Trinajstić information content (AvgIpc) is 3.56. The quantitative estimate of drug-likeness (QED) is 0.128. The van der Waals surface area contributed by atoms with Crippen LogP contribution in [0.5, 0.6) is 0 Å². The molecule has 1 aliphatic rings. The molecule has 0 amide bonds. The molecule has 1 aliphatic carbocycles. The van der Waals surface area contributed by atoms with Gasteiger partial charge in [0.05, 0.1) is 13.7 Å². The maximum atomic E-state index is 6.61. The maximum Gasteiger partial charge on any atom is 0.121 e. The van der Waals surface area contributed by atoms with Crippen molar-refractivity contribution in [3.8, 4) is 33.6 Å². The van der Waals surface area contributed by atoms with Crippen LogP contribution in [0.25, 0.3) is 55.6 Å². The minimum absolute atomic E-state index is 0. The minimum Gasteiger partial charge on any atom is -0.501 e. The van der Waals surface area contributed by atoms with Gasteiger partial charge in [0.25, 0.3) is 0 Å². The Labute approximate surface area is 349 Å². The van der Waals surface area contributed by atoms with E-state index in [0.29, 0.717) is 5.92 Å². The molecule has 5 heteroatoms. The second-order valence-corrected chi connectivity index (χ2v) is 23.6. The van der Waals surface area contributed by atoms with Crippen LogP contribution in [-0.4, -0.2) is 18.0 Å². The molecule has 0 N–H and O–H groups in total. The molecular weight excluding hydrogens is 877 g/mol. The summed E-state index contributed by atoms with van der Waals surface area (Å²) in [6.45, 7) is 20.7. The van der Waals surface area contributed by atoms with Crippen molar-refractivity contribution in [1.29, 1.82) is 0 Å². The second-order valence-electron chi connectivity index (χ2n) is 18.5. The maximum absolute atomic E-state index is 6.61. The largest absolute Gasteiger partial charge is 0.501 e. The summed E-state index contributed by atoms with van der Waals surface area (Å²) in [5.74, 6) is 0.639. The number of aromatic nitrogens is 2. The van der Waals surface area contributed by atoms with Gasteiger partial charge in [-0.1, -0.05) is 145 Å². The number of furan rings is 1. The third-order valence-corrected chi connectivity index (χ3v) is 13.2. The van der Waals surface area contributed by atoms with Gasteiger partial charge in [-0.15, -0.1) is 54.1 Å². The van der Waals surface area contributed by atoms with Gasteiger partial charge in [0.1, 0.15) is 5.58 Å². The van der Waals surface area contributed by atoms with Crippen LogP contribution in [0, 0.1) is 12.1 Å². The monoisotopic (exact) mass is 933 g/mol. The Kier molecular flexibility index (Phi) is 12.4. The normalized spacial score (nSPS) is 13.9. The average molecular weight is 933 g/mol. The van der Waals surface area contributed by atoms with E-state index >= 15 is 0 Å². The zero-order valence-electron chi connectivity index (χ0n) is 34.6. The fraction of sp³-hybridized carbons (Fsp3) is 0.333. The van der Waals surface area contributed by atoms with Crippen LogP contribution in [0.3, 0.4) is 0 Å². The molecule has 291 valence electrons. The fourth-order valence-corrected chi connectivity index (χ4v) is 8.63. The molecule has 1 fully saturated rings. The van der Waals surface area contributed by atoms with Crippen LogP contribution < -0.4 is 5.19 Å². The van der Waals surface area contributed by atoms with Gasteiger partial charge in [-0.25, -0.2) is 0 Å². The topological polar surface area (TPSA) is 38.9 Å². The summed E-state index contributed by atoms with van der Waals surface area (Å²) in [5.41, 5.74) is 12.4. The van der Waals surface area contributed by atoms with Crippen molar-refractivity contribution in [1.82, 2.24) is 9.97 Å². The predicted molar refractivity (Wildman–Crippen MR) is 236 cm³/mol. The summed E-state index contributed by atoms with van der Waals surface area (Å²) in [6, 6.07) is 41.2. The Hall–Kier alpha value is -4.15. The van der Waals surface area contributed by atoms with Gasteiger partial charge in [-0.2, -0.15) is 0 Å². The van der Waals surface area contributed by atoms with Crippen LogP contribution >= 0.6 is 0 Å². The van der Waals surface area contributed by atoms with E-state index in [2.05, 4.69) is 145 Å². The molecule has 56 heavy (non-hydrogen) atoms. The molecule has 0 saturated heterocycles. The van der Waals surface area contributed by atoms with Crippen LogP contribution in [0.15, 0.2) is 114 Å². The molecule has 0 unspecified atom stereocenters. The SMILES string of the molecule is CC(C)(C)c1cc(-c2ccc3c(c2)oc2c(-c4cc(C5CCCCC5)ccn4)[c-]ccc23)cc(C(C)(C)C)c1.C[Si](C)(C)c1ccc(-c2[c-]cccc2)nc1.[Ir]. The van der Waals surface area contributed by atoms with Gasteiger partial charge >= 0.3 is 0 Å². The van der Waals surface area contributed by atoms with Crippen molar-refractivity contribution in [2.75, 3.05) is 0 Å². The third-order valence-electron chi connectivity index (χ3n) is 11.2. The van der Waals surface area contributed by atoms with Gasteiger partial charge in [0.2, 0.25) is 0 Å². The predicted octanol–water partition coefficient (Wildman–Crippen LogP) is 13.8. The molecule has 3 nitrogen and oxygen atoms in total. The zero-order chi connectivity index (χ0) is 39.0. The van der Waals surface area contributed by atoms with Gasteiger partial charge in [-0.3, -0.25) is 0 Å². The van der Waals surface area contributed by atoms with Crippen molar-refractivity contribution >= 4 is 35.2 Å². The molecule has 3 heterocycles. The molecule has 1 saturated carbocycles. The molecule has 4 aromatic carbocycles. The van der Waals surface area contributed by atoms with E-state index in [1.807, 2.05) is 42.7 Å². The number of hydrogen-bond acceptors (Lipinski definition) is 3. The van der Waals surface area contributed by atoms with Crippen LogP contribution in [0.1, 0.15) is 96.3 Å². The smallest absolute Gasteiger partial charge is 0.121 e. The molecule has 1 radical (unpaired) electrons. The number of hydrogen-bond donors (Lipinski definition) is 0. The van der Waals surface area contributed by atoms with E-state index in [1.165, 1.54) is 65.1 Å². The van der Waals surface area contributed by atoms with Crippen molar-refractivity contribution in [3.63, 3.8) is 0 Å². The first-order valence-corrected chi connectivity index (χ1v) is 23.6. The van der Waals surface area contributed by atoms with E-state index in [1.54, 1.807) is 0 Å². The van der Waals surface area contributed by atoms with E-state index in [-0.39, 0.29) is 30.9 Å². The fourth-order valence-electron chi connectivity index (χ4n) is 7.59. The van der Waals surface area contributed by atoms with Gasteiger partial charge in [-0.05, 0) is 80.6 Å². The van der Waals surface area contributed by atoms with Crippen LogP contribution in [-0.2, 0) is 30.9 Å². The molecule has 0 aliphatic heterocycles. The Morgan fingerprint density at radius 3 is 2.02 bits per heavy atom. The van der Waals surface area contributed by atoms with E-state index in [4.69, 9.17) is 9.40 Å². The Morgan fingerprint density at radius 2 is 1.39 bits per heavy atom.